The average Bonchev–Trinajstić information content (AvgIpc) is 3.11. The van der Waals surface area contributed by atoms with E-state index in [9.17, 15) is 4.79 Å². The van der Waals surface area contributed by atoms with E-state index < -0.39 is 0 Å². The number of benzene rings is 2. The second-order valence-electron chi connectivity index (χ2n) is 6.14. The number of pyridine rings is 1. The molecule has 0 fully saturated rings. The summed E-state index contributed by atoms with van der Waals surface area (Å²) in [5.41, 5.74) is 1.74. The summed E-state index contributed by atoms with van der Waals surface area (Å²) in [6.45, 7) is 1.99. The number of thiazole rings is 1. The first-order valence-corrected chi connectivity index (χ1v) is 9.17. The van der Waals surface area contributed by atoms with Crippen molar-refractivity contribution in [2.75, 3.05) is 12.4 Å². The molecule has 0 saturated carbocycles. The van der Waals surface area contributed by atoms with Crippen LogP contribution in [-0.2, 0) is 0 Å². The molecule has 2 amide bonds. The Kier molecular flexibility index (Phi) is 4.26. The van der Waals surface area contributed by atoms with Gasteiger partial charge in [0.1, 0.15) is 5.01 Å². The molecule has 1 N–H and O–H groups in total. The molecule has 0 aliphatic carbocycles. The molecule has 4 rings (SSSR count). The number of nitrogens with zero attached hydrogens (tertiary/aromatic N) is 3. The third-order valence-electron chi connectivity index (χ3n) is 4.49. The summed E-state index contributed by atoms with van der Waals surface area (Å²) < 4.78 is 1.13. The number of carbonyl (C=O) groups excluding carboxylic acids is 1. The number of aromatic nitrogens is 2. The number of rotatable bonds is 3. The first-order valence-electron chi connectivity index (χ1n) is 8.35. The molecule has 0 bridgehead atoms. The molecule has 2 aromatic carbocycles. The highest BCUT2D eigenvalue weighted by atomic mass is 32.1. The van der Waals surface area contributed by atoms with Crippen molar-refractivity contribution in [2.24, 2.45) is 0 Å². The van der Waals surface area contributed by atoms with E-state index >= 15 is 0 Å². The van der Waals surface area contributed by atoms with E-state index in [1.54, 1.807) is 35.7 Å². The summed E-state index contributed by atoms with van der Waals surface area (Å²) >= 11 is 1.62. The molecule has 0 radical (unpaired) electrons. The van der Waals surface area contributed by atoms with Crippen LogP contribution in [0.3, 0.4) is 0 Å². The van der Waals surface area contributed by atoms with Crippen LogP contribution in [0.1, 0.15) is 18.0 Å². The number of anilines is 1. The lowest BCUT2D eigenvalue weighted by molar-refractivity contribution is 0.208. The van der Waals surface area contributed by atoms with Gasteiger partial charge in [-0.1, -0.05) is 24.3 Å². The Hall–Kier alpha value is -2.99. The third-order valence-corrected chi connectivity index (χ3v) is 5.70. The van der Waals surface area contributed by atoms with Crippen LogP contribution in [0.25, 0.3) is 21.0 Å². The zero-order chi connectivity index (χ0) is 18.1. The van der Waals surface area contributed by atoms with Gasteiger partial charge in [0.25, 0.3) is 0 Å². The Morgan fingerprint density at radius 1 is 1.15 bits per heavy atom. The molecule has 0 aliphatic rings. The van der Waals surface area contributed by atoms with E-state index in [4.69, 9.17) is 0 Å². The second-order valence-corrected chi connectivity index (χ2v) is 7.20. The van der Waals surface area contributed by atoms with E-state index in [1.807, 2.05) is 55.5 Å². The van der Waals surface area contributed by atoms with Gasteiger partial charge in [-0.2, -0.15) is 0 Å². The van der Waals surface area contributed by atoms with Crippen LogP contribution < -0.4 is 5.32 Å². The molecule has 6 heteroatoms. The van der Waals surface area contributed by atoms with Gasteiger partial charge in [-0.25, -0.2) is 9.78 Å². The highest BCUT2D eigenvalue weighted by molar-refractivity contribution is 7.18. The molecule has 1 atom stereocenters. The summed E-state index contributed by atoms with van der Waals surface area (Å²) in [5, 5.41) is 5.89. The predicted molar refractivity (Wildman–Crippen MR) is 107 cm³/mol. The normalized spacial score (nSPS) is 12.2. The zero-order valence-corrected chi connectivity index (χ0v) is 15.3. The maximum absolute atomic E-state index is 12.8. The SMILES string of the molecule is CC(c1nc2ccccc2s1)N(C)C(=O)Nc1cccc2cnccc12. The van der Waals surface area contributed by atoms with Crippen molar-refractivity contribution in [2.45, 2.75) is 13.0 Å². The molecule has 0 aliphatic heterocycles. The molecule has 1 unspecified atom stereocenters. The number of fused-ring (bicyclic) bond motifs is 2. The van der Waals surface area contributed by atoms with Gasteiger partial charge in [0.05, 0.1) is 21.9 Å². The summed E-state index contributed by atoms with van der Waals surface area (Å²) in [4.78, 5) is 23.2. The van der Waals surface area contributed by atoms with Crippen LogP contribution in [-0.4, -0.2) is 27.9 Å². The lowest BCUT2D eigenvalue weighted by atomic mass is 10.1. The smallest absolute Gasteiger partial charge is 0.318 e. The third kappa shape index (κ3) is 2.99. The molecule has 0 spiro atoms. The summed E-state index contributed by atoms with van der Waals surface area (Å²) in [7, 11) is 1.79. The molecule has 26 heavy (non-hydrogen) atoms. The monoisotopic (exact) mass is 362 g/mol. The van der Waals surface area contributed by atoms with Crippen molar-refractivity contribution < 1.29 is 4.79 Å². The van der Waals surface area contributed by atoms with E-state index in [1.165, 1.54) is 0 Å². The minimum absolute atomic E-state index is 0.121. The van der Waals surface area contributed by atoms with Crippen LogP contribution in [0.2, 0.25) is 0 Å². The molecule has 0 saturated heterocycles. The molecule has 2 heterocycles. The Labute approximate surface area is 155 Å². The molecule has 2 aromatic heterocycles. The van der Waals surface area contributed by atoms with E-state index in [-0.39, 0.29) is 12.1 Å². The van der Waals surface area contributed by atoms with Gasteiger partial charge < -0.3 is 10.2 Å². The average molecular weight is 362 g/mol. The number of para-hydroxylation sites is 1. The highest BCUT2D eigenvalue weighted by Crippen LogP contribution is 2.29. The van der Waals surface area contributed by atoms with E-state index in [0.717, 1.165) is 31.7 Å². The van der Waals surface area contributed by atoms with Crippen molar-refractivity contribution in [3.05, 3.63) is 65.9 Å². The fourth-order valence-corrected chi connectivity index (χ4v) is 3.91. The predicted octanol–water partition coefficient (Wildman–Crippen LogP) is 5.07. The largest absolute Gasteiger partial charge is 0.322 e. The van der Waals surface area contributed by atoms with Crippen molar-refractivity contribution >= 4 is 44.0 Å². The molecule has 130 valence electrons. The first-order chi connectivity index (χ1) is 12.6. The topological polar surface area (TPSA) is 58.1 Å². The van der Waals surface area contributed by atoms with Gasteiger partial charge in [0.15, 0.2) is 0 Å². The summed E-state index contributed by atoms with van der Waals surface area (Å²) in [6.07, 6.45) is 3.52. The number of carbonyl (C=O) groups is 1. The van der Waals surface area contributed by atoms with Gasteiger partial charge in [-0.3, -0.25) is 4.98 Å². The van der Waals surface area contributed by atoms with Crippen LogP contribution in [0.15, 0.2) is 60.9 Å². The lowest BCUT2D eigenvalue weighted by Crippen LogP contribution is -2.33. The van der Waals surface area contributed by atoms with Crippen LogP contribution >= 0.6 is 11.3 Å². The summed E-state index contributed by atoms with van der Waals surface area (Å²) in [6, 6.07) is 15.4. The highest BCUT2D eigenvalue weighted by Gasteiger charge is 2.21. The summed E-state index contributed by atoms with van der Waals surface area (Å²) in [5.74, 6) is 0. The quantitative estimate of drug-likeness (QED) is 0.553. The van der Waals surface area contributed by atoms with Gasteiger partial charge in [0, 0.05) is 30.2 Å². The molecule has 4 aromatic rings. The number of nitrogens with one attached hydrogen (secondary N) is 1. The Morgan fingerprint density at radius 2 is 2.00 bits per heavy atom. The van der Waals surface area contributed by atoms with Crippen molar-refractivity contribution in [3.63, 3.8) is 0 Å². The van der Waals surface area contributed by atoms with Gasteiger partial charge >= 0.3 is 6.03 Å². The van der Waals surface area contributed by atoms with Crippen LogP contribution in [0.5, 0.6) is 0 Å². The first kappa shape index (κ1) is 16.5. The zero-order valence-electron chi connectivity index (χ0n) is 14.5. The van der Waals surface area contributed by atoms with Crippen molar-refractivity contribution in [3.8, 4) is 0 Å². The molecular formula is C20H18N4OS. The molecular weight excluding hydrogens is 344 g/mol. The maximum Gasteiger partial charge on any atom is 0.322 e. The number of hydrogen-bond acceptors (Lipinski definition) is 4. The minimum Gasteiger partial charge on any atom is -0.318 e. The minimum atomic E-state index is -0.166. The van der Waals surface area contributed by atoms with E-state index in [0.29, 0.717) is 0 Å². The second kappa shape index (κ2) is 6.72. The standard InChI is InChI=1S/C20H18N4OS/c1-13(19-22-17-7-3-4-9-18(17)26-19)24(2)20(25)23-16-8-5-6-14-12-21-11-10-15(14)16/h3-13H,1-2H3,(H,23,25). The molecule has 5 nitrogen and oxygen atoms in total. The number of amides is 2. The number of urea groups is 1. The van der Waals surface area contributed by atoms with Crippen molar-refractivity contribution in [1.29, 1.82) is 0 Å². The fraction of sp³-hybridized carbons (Fsp3) is 0.150. The van der Waals surface area contributed by atoms with E-state index in [2.05, 4.69) is 15.3 Å². The van der Waals surface area contributed by atoms with Gasteiger partial charge in [-0.15, -0.1) is 11.3 Å². The van der Waals surface area contributed by atoms with Crippen molar-refractivity contribution in [1.82, 2.24) is 14.9 Å². The Bertz CT molecular complexity index is 1050. The van der Waals surface area contributed by atoms with Gasteiger partial charge in [0.2, 0.25) is 0 Å². The maximum atomic E-state index is 12.8. The van der Waals surface area contributed by atoms with Gasteiger partial charge in [-0.05, 0) is 31.2 Å². The Morgan fingerprint density at radius 3 is 2.85 bits per heavy atom. The van der Waals surface area contributed by atoms with Crippen LogP contribution in [0.4, 0.5) is 10.5 Å². The fourth-order valence-electron chi connectivity index (χ4n) is 2.85. The Balaban J connectivity index is 1.57. The lowest BCUT2D eigenvalue weighted by Gasteiger charge is -2.24. The van der Waals surface area contributed by atoms with Crippen LogP contribution in [0, 0.1) is 0 Å². The number of hydrogen-bond donors (Lipinski definition) is 1.